The van der Waals surface area contributed by atoms with Crippen LogP contribution in [0.5, 0.6) is 0 Å². The maximum Gasteiger partial charge on any atom is 0.319 e. The summed E-state index contributed by atoms with van der Waals surface area (Å²) in [7, 11) is 0. The summed E-state index contributed by atoms with van der Waals surface area (Å²) in [4.78, 5) is 25.9. The first kappa shape index (κ1) is 18.7. The number of rotatable bonds is 6. The van der Waals surface area contributed by atoms with Gasteiger partial charge in [0.15, 0.2) is 0 Å². The molecule has 25 heavy (non-hydrogen) atoms. The highest BCUT2D eigenvalue weighted by Crippen LogP contribution is 2.27. The SMILES string of the molecule is C#CCNC(=O)CCNC(=O)Nc1ccccc1N1CCCCCC1. The molecule has 1 aliphatic rings. The van der Waals surface area contributed by atoms with E-state index in [-0.39, 0.29) is 31.4 Å². The Morgan fingerprint density at radius 2 is 1.80 bits per heavy atom. The molecule has 0 atom stereocenters. The lowest BCUT2D eigenvalue weighted by atomic mass is 10.2. The van der Waals surface area contributed by atoms with Gasteiger partial charge in [0.1, 0.15) is 0 Å². The summed E-state index contributed by atoms with van der Waals surface area (Å²) < 4.78 is 0. The van der Waals surface area contributed by atoms with Crippen molar-refractivity contribution in [2.24, 2.45) is 0 Å². The second-order valence-electron chi connectivity index (χ2n) is 6.03. The first-order valence-electron chi connectivity index (χ1n) is 8.79. The van der Waals surface area contributed by atoms with Crippen molar-refractivity contribution >= 4 is 23.3 Å². The van der Waals surface area contributed by atoms with Gasteiger partial charge in [0.2, 0.25) is 5.91 Å². The summed E-state index contributed by atoms with van der Waals surface area (Å²) in [6, 6.07) is 7.52. The van der Waals surface area contributed by atoms with Gasteiger partial charge in [-0.15, -0.1) is 6.42 Å². The fraction of sp³-hybridized carbons (Fsp3) is 0.474. The Morgan fingerprint density at radius 3 is 2.52 bits per heavy atom. The van der Waals surface area contributed by atoms with Crippen LogP contribution in [0.1, 0.15) is 32.1 Å². The van der Waals surface area contributed by atoms with E-state index in [1.165, 1.54) is 25.7 Å². The van der Waals surface area contributed by atoms with E-state index in [1.54, 1.807) is 0 Å². The van der Waals surface area contributed by atoms with E-state index in [9.17, 15) is 9.59 Å². The van der Waals surface area contributed by atoms with Crippen molar-refractivity contribution in [2.45, 2.75) is 32.1 Å². The molecule has 0 spiro atoms. The first-order valence-corrected chi connectivity index (χ1v) is 8.79. The number of amides is 3. The van der Waals surface area contributed by atoms with Crippen molar-refractivity contribution in [1.82, 2.24) is 10.6 Å². The molecule has 3 N–H and O–H groups in total. The van der Waals surface area contributed by atoms with Crippen molar-refractivity contribution < 1.29 is 9.59 Å². The maximum absolute atomic E-state index is 12.1. The van der Waals surface area contributed by atoms with Crippen molar-refractivity contribution in [1.29, 1.82) is 0 Å². The Labute approximate surface area is 149 Å². The van der Waals surface area contributed by atoms with Gasteiger partial charge in [-0.1, -0.05) is 30.9 Å². The van der Waals surface area contributed by atoms with Crippen LogP contribution in [-0.4, -0.2) is 38.1 Å². The fourth-order valence-corrected chi connectivity index (χ4v) is 2.86. The van der Waals surface area contributed by atoms with Crippen molar-refractivity contribution in [2.75, 3.05) is 36.4 Å². The molecule has 1 aromatic carbocycles. The van der Waals surface area contributed by atoms with Crippen LogP contribution < -0.4 is 20.9 Å². The summed E-state index contributed by atoms with van der Waals surface area (Å²) in [5, 5.41) is 8.15. The first-order chi connectivity index (χ1) is 12.2. The second kappa shape index (κ2) is 10.2. The van der Waals surface area contributed by atoms with Gasteiger partial charge in [0.25, 0.3) is 0 Å². The van der Waals surface area contributed by atoms with E-state index in [4.69, 9.17) is 6.42 Å². The van der Waals surface area contributed by atoms with Crippen molar-refractivity contribution in [3.8, 4) is 12.3 Å². The van der Waals surface area contributed by atoms with Gasteiger partial charge in [-0.05, 0) is 25.0 Å². The number of nitrogens with one attached hydrogen (secondary N) is 3. The van der Waals surface area contributed by atoms with Gasteiger partial charge >= 0.3 is 6.03 Å². The molecular formula is C19H26N4O2. The van der Waals surface area contributed by atoms with E-state index in [1.807, 2.05) is 24.3 Å². The van der Waals surface area contributed by atoms with Crippen LogP contribution in [-0.2, 0) is 4.79 Å². The molecule has 2 rings (SSSR count). The van der Waals surface area contributed by atoms with Crippen LogP contribution in [0.3, 0.4) is 0 Å². The Balaban J connectivity index is 1.86. The van der Waals surface area contributed by atoms with Crippen LogP contribution in [0.2, 0.25) is 0 Å². The minimum Gasteiger partial charge on any atom is -0.370 e. The molecule has 134 valence electrons. The molecular weight excluding hydrogens is 316 g/mol. The predicted molar refractivity (Wildman–Crippen MR) is 101 cm³/mol. The summed E-state index contributed by atoms with van der Waals surface area (Å²) in [5.41, 5.74) is 1.84. The number of hydrogen-bond acceptors (Lipinski definition) is 3. The minimum absolute atomic E-state index is 0.178. The Bertz CT molecular complexity index is 616. The highest BCUT2D eigenvalue weighted by Gasteiger charge is 2.14. The molecule has 1 aliphatic heterocycles. The van der Waals surface area contributed by atoms with Crippen molar-refractivity contribution in [3.05, 3.63) is 24.3 Å². The zero-order valence-electron chi connectivity index (χ0n) is 14.5. The number of carbonyl (C=O) groups excluding carboxylic acids is 2. The molecule has 0 saturated carbocycles. The van der Waals surface area contributed by atoms with E-state index >= 15 is 0 Å². The zero-order valence-corrected chi connectivity index (χ0v) is 14.5. The van der Waals surface area contributed by atoms with Gasteiger partial charge in [0.05, 0.1) is 17.9 Å². The van der Waals surface area contributed by atoms with Gasteiger partial charge in [0, 0.05) is 26.1 Å². The molecule has 0 bridgehead atoms. The van der Waals surface area contributed by atoms with E-state index < -0.39 is 0 Å². The number of hydrogen-bond donors (Lipinski definition) is 3. The number of para-hydroxylation sites is 2. The molecule has 1 saturated heterocycles. The predicted octanol–water partition coefficient (Wildman–Crippen LogP) is 2.33. The van der Waals surface area contributed by atoms with E-state index in [0.29, 0.717) is 0 Å². The van der Waals surface area contributed by atoms with Crippen LogP contribution in [0.25, 0.3) is 0 Å². The molecule has 0 aliphatic carbocycles. The molecule has 1 aromatic rings. The van der Waals surface area contributed by atoms with Gasteiger partial charge in [-0.3, -0.25) is 4.79 Å². The van der Waals surface area contributed by atoms with Crippen LogP contribution in [0, 0.1) is 12.3 Å². The number of nitrogens with zero attached hydrogens (tertiary/aromatic N) is 1. The average Bonchev–Trinajstić information content (AvgIpc) is 2.89. The lowest BCUT2D eigenvalue weighted by Crippen LogP contribution is -2.34. The number of urea groups is 1. The summed E-state index contributed by atoms with van der Waals surface area (Å²) in [6.07, 6.45) is 10.1. The zero-order chi connectivity index (χ0) is 17.9. The van der Waals surface area contributed by atoms with Gasteiger partial charge in [-0.2, -0.15) is 0 Å². The summed E-state index contributed by atoms with van der Waals surface area (Å²) >= 11 is 0. The second-order valence-corrected chi connectivity index (χ2v) is 6.03. The van der Waals surface area contributed by atoms with Gasteiger partial charge in [-0.25, -0.2) is 4.79 Å². The lowest BCUT2D eigenvalue weighted by molar-refractivity contribution is -0.120. The maximum atomic E-state index is 12.1. The van der Waals surface area contributed by atoms with E-state index in [0.717, 1.165) is 24.5 Å². The third kappa shape index (κ3) is 6.38. The molecule has 0 radical (unpaired) electrons. The summed E-state index contributed by atoms with van der Waals surface area (Å²) in [5.74, 6) is 2.16. The molecule has 6 heteroatoms. The highest BCUT2D eigenvalue weighted by molar-refractivity contribution is 5.93. The van der Waals surface area contributed by atoms with Crippen LogP contribution in [0.4, 0.5) is 16.2 Å². The number of carbonyl (C=O) groups is 2. The smallest absolute Gasteiger partial charge is 0.319 e. The van der Waals surface area contributed by atoms with E-state index in [2.05, 4.69) is 26.8 Å². The number of anilines is 2. The quantitative estimate of drug-likeness (QED) is 0.695. The topological polar surface area (TPSA) is 73.5 Å². The largest absolute Gasteiger partial charge is 0.370 e. The number of terminal acetylenes is 1. The standard InChI is InChI=1S/C19H26N4O2/c1-2-12-20-18(24)11-13-21-19(25)22-16-9-5-6-10-17(16)23-14-7-3-4-8-15-23/h1,5-6,9-10H,3-4,7-8,11-15H2,(H,20,24)(H2,21,22,25). The normalized spacial score (nSPS) is 14.1. The van der Waals surface area contributed by atoms with Crippen LogP contribution >= 0.6 is 0 Å². The fourth-order valence-electron chi connectivity index (χ4n) is 2.86. The monoisotopic (exact) mass is 342 g/mol. The average molecular weight is 342 g/mol. The molecule has 1 fully saturated rings. The molecule has 6 nitrogen and oxygen atoms in total. The van der Waals surface area contributed by atoms with Gasteiger partial charge < -0.3 is 20.9 Å². The third-order valence-corrected chi connectivity index (χ3v) is 4.12. The molecule has 1 heterocycles. The minimum atomic E-state index is -0.313. The molecule has 3 amide bonds. The third-order valence-electron chi connectivity index (χ3n) is 4.12. The van der Waals surface area contributed by atoms with Crippen molar-refractivity contribution in [3.63, 3.8) is 0 Å². The summed E-state index contributed by atoms with van der Waals surface area (Å²) in [6.45, 7) is 2.48. The Hall–Kier alpha value is -2.68. The van der Waals surface area contributed by atoms with Crippen LogP contribution in [0.15, 0.2) is 24.3 Å². The number of benzene rings is 1. The Morgan fingerprint density at radius 1 is 1.08 bits per heavy atom. The molecule has 0 aromatic heterocycles. The highest BCUT2D eigenvalue weighted by atomic mass is 16.2. The lowest BCUT2D eigenvalue weighted by Gasteiger charge is -2.25. The Kier molecular flexibility index (Phi) is 7.64. The molecule has 0 unspecified atom stereocenters.